The number of rotatable bonds is 4. The molecule has 1 aromatic rings. The van der Waals surface area contributed by atoms with Gasteiger partial charge in [-0.25, -0.2) is 4.79 Å². The smallest absolute Gasteiger partial charge is 0.317 e. The maximum absolute atomic E-state index is 12.0. The summed E-state index contributed by atoms with van der Waals surface area (Å²) in [5.41, 5.74) is 6.56. The van der Waals surface area contributed by atoms with Crippen LogP contribution in [0.15, 0.2) is 24.3 Å². The third-order valence-electron chi connectivity index (χ3n) is 3.43. The van der Waals surface area contributed by atoms with Crippen LogP contribution in [0.4, 0.5) is 4.79 Å². The molecule has 0 bridgehead atoms. The van der Waals surface area contributed by atoms with Gasteiger partial charge in [-0.3, -0.25) is 9.59 Å². The Morgan fingerprint density at radius 1 is 1.33 bits per heavy atom. The van der Waals surface area contributed by atoms with E-state index in [1.807, 2.05) is 12.1 Å². The van der Waals surface area contributed by atoms with Gasteiger partial charge in [-0.1, -0.05) is 24.3 Å². The summed E-state index contributed by atoms with van der Waals surface area (Å²) in [4.78, 5) is 35.5. The summed E-state index contributed by atoms with van der Waals surface area (Å²) >= 11 is 0. The van der Waals surface area contributed by atoms with E-state index in [4.69, 9.17) is 5.73 Å². The first kappa shape index (κ1) is 14.8. The van der Waals surface area contributed by atoms with E-state index in [1.165, 1.54) is 4.90 Å². The number of nitrogens with zero attached hydrogens (tertiary/aromatic N) is 1. The number of carbonyl (C=O) groups excluding carboxylic acids is 2. The molecule has 1 aliphatic rings. The summed E-state index contributed by atoms with van der Waals surface area (Å²) in [5.74, 6) is -2.20. The topological polar surface area (TPSA) is 113 Å². The summed E-state index contributed by atoms with van der Waals surface area (Å²) in [6.45, 7) is 0.598. The minimum atomic E-state index is -0.961. The van der Waals surface area contributed by atoms with Crippen LogP contribution in [-0.4, -0.2) is 41.0 Å². The minimum absolute atomic E-state index is 0.0541. The second-order valence-corrected chi connectivity index (χ2v) is 4.92. The van der Waals surface area contributed by atoms with Gasteiger partial charge in [-0.15, -0.1) is 0 Å². The fourth-order valence-electron chi connectivity index (χ4n) is 2.38. The highest BCUT2D eigenvalue weighted by Gasteiger charge is 2.32. The van der Waals surface area contributed by atoms with Gasteiger partial charge in [-0.05, 0) is 11.1 Å². The van der Waals surface area contributed by atoms with E-state index in [0.29, 0.717) is 6.54 Å². The monoisotopic (exact) mass is 291 g/mol. The Morgan fingerprint density at radius 2 is 2.05 bits per heavy atom. The molecular weight excluding hydrogens is 274 g/mol. The van der Waals surface area contributed by atoms with E-state index in [0.717, 1.165) is 11.1 Å². The number of hydrogen-bond donors (Lipinski definition) is 3. The number of fused-ring (bicyclic) bond motifs is 1. The van der Waals surface area contributed by atoms with E-state index >= 15 is 0 Å². The lowest BCUT2D eigenvalue weighted by Gasteiger charge is -2.32. The third kappa shape index (κ3) is 3.50. The highest BCUT2D eigenvalue weighted by molar-refractivity contribution is 5.81. The average molecular weight is 291 g/mol. The van der Waals surface area contributed by atoms with Crippen LogP contribution in [0, 0.1) is 0 Å². The highest BCUT2D eigenvalue weighted by atomic mass is 16.4. The van der Waals surface area contributed by atoms with E-state index in [1.54, 1.807) is 12.1 Å². The van der Waals surface area contributed by atoms with Gasteiger partial charge in [-0.2, -0.15) is 0 Å². The van der Waals surface area contributed by atoms with E-state index in [-0.39, 0.29) is 19.5 Å². The van der Waals surface area contributed by atoms with Gasteiger partial charge in [0, 0.05) is 26.1 Å². The number of nitrogens with one attached hydrogen (secondary N) is 1. The number of carboxylic acids is 1. The van der Waals surface area contributed by atoms with Gasteiger partial charge in [0.25, 0.3) is 0 Å². The van der Waals surface area contributed by atoms with Crippen molar-refractivity contribution in [1.29, 1.82) is 0 Å². The number of carboxylic acid groups (broad SMARTS) is 1. The van der Waals surface area contributed by atoms with Gasteiger partial charge in [0.2, 0.25) is 5.91 Å². The molecule has 0 aromatic heterocycles. The molecule has 1 aromatic carbocycles. The van der Waals surface area contributed by atoms with Gasteiger partial charge in [0.15, 0.2) is 0 Å². The van der Waals surface area contributed by atoms with Crippen LogP contribution < -0.4 is 11.1 Å². The summed E-state index contributed by atoms with van der Waals surface area (Å²) < 4.78 is 0. The van der Waals surface area contributed by atoms with Crippen molar-refractivity contribution in [2.75, 3.05) is 13.1 Å². The maximum Gasteiger partial charge on any atom is 0.317 e. The Bertz CT molecular complexity index is 573. The van der Waals surface area contributed by atoms with Crippen LogP contribution in [-0.2, 0) is 16.1 Å². The predicted molar refractivity (Wildman–Crippen MR) is 74.4 cm³/mol. The van der Waals surface area contributed by atoms with Crippen molar-refractivity contribution in [1.82, 2.24) is 10.2 Å². The zero-order chi connectivity index (χ0) is 15.4. The molecule has 0 radical (unpaired) electrons. The van der Waals surface area contributed by atoms with Gasteiger partial charge in [0.05, 0.1) is 5.92 Å². The largest absolute Gasteiger partial charge is 0.481 e. The zero-order valence-electron chi connectivity index (χ0n) is 11.4. The first-order valence-corrected chi connectivity index (χ1v) is 6.60. The Morgan fingerprint density at radius 3 is 2.71 bits per heavy atom. The number of hydrogen-bond acceptors (Lipinski definition) is 3. The van der Waals surface area contributed by atoms with E-state index < -0.39 is 23.8 Å². The van der Waals surface area contributed by atoms with Crippen molar-refractivity contribution in [2.45, 2.75) is 18.9 Å². The molecule has 0 fully saturated rings. The molecule has 0 spiro atoms. The second-order valence-electron chi connectivity index (χ2n) is 4.92. The lowest BCUT2D eigenvalue weighted by Crippen LogP contribution is -2.46. The number of carbonyl (C=O) groups is 3. The van der Waals surface area contributed by atoms with Gasteiger partial charge < -0.3 is 21.1 Å². The Labute approximate surface area is 121 Å². The third-order valence-corrected chi connectivity index (χ3v) is 3.43. The van der Waals surface area contributed by atoms with Crippen LogP contribution >= 0.6 is 0 Å². The molecule has 3 amide bonds. The summed E-state index contributed by atoms with van der Waals surface area (Å²) in [6, 6.07) is 6.80. The standard InChI is InChI=1S/C14H17N3O4/c15-12(18)5-6-16-14(21)17-7-9-3-1-2-4-10(9)11(8-17)13(19)20/h1-4,11H,5-8H2,(H2,15,18)(H,16,21)(H,19,20). The van der Waals surface area contributed by atoms with Gasteiger partial charge in [0.1, 0.15) is 0 Å². The molecule has 0 aliphatic carbocycles. The molecule has 7 heteroatoms. The summed E-state index contributed by atoms with van der Waals surface area (Å²) in [6.07, 6.45) is 0.0541. The number of benzene rings is 1. The van der Waals surface area contributed by atoms with Crippen molar-refractivity contribution in [3.8, 4) is 0 Å². The minimum Gasteiger partial charge on any atom is -0.481 e. The molecule has 0 saturated carbocycles. The molecule has 1 heterocycles. The molecule has 7 nitrogen and oxygen atoms in total. The predicted octanol–water partition coefficient (Wildman–Crippen LogP) is 0.255. The number of aliphatic carboxylic acids is 1. The van der Waals surface area contributed by atoms with Crippen LogP contribution in [0.25, 0.3) is 0 Å². The number of nitrogens with two attached hydrogens (primary N) is 1. The number of amides is 3. The SMILES string of the molecule is NC(=O)CCNC(=O)N1Cc2ccccc2C(C(=O)O)C1. The highest BCUT2D eigenvalue weighted by Crippen LogP contribution is 2.28. The van der Waals surface area contributed by atoms with Crippen LogP contribution in [0.5, 0.6) is 0 Å². The van der Waals surface area contributed by atoms with Crippen LogP contribution in [0.2, 0.25) is 0 Å². The Kier molecular flexibility index (Phi) is 4.42. The summed E-state index contributed by atoms with van der Waals surface area (Å²) in [5, 5.41) is 11.9. The Balaban J connectivity index is 2.08. The molecule has 1 atom stereocenters. The first-order valence-electron chi connectivity index (χ1n) is 6.60. The second kappa shape index (κ2) is 6.25. The maximum atomic E-state index is 12.0. The van der Waals surface area contributed by atoms with Crippen molar-refractivity contribution in [3.63, 3.8) is 0 Å². The average Bonchev–Trinajstić information content (AvgIpc) is 2.45. The number of urea groups is 1. The van der Waals surface area contributed by atoms with E-state index in [9.17, 15) is 19.5 Å². The fourth-order valence-corrected chi connectivity index (χ4v) is 2.38. The molecule has 112 valence electrons. The molecular formula is C14H17N3O4. The van der Waals surface area contributed by atoms with Gasteiger partial charge >= 0.3 is 12.0 Å². The molecule has 21 heavy (non-hydrogen) atoms. The van der Waals surface area contributed by atoms with Crippen molar-refractivity contribution >= 4 is 17.9 Å². The first-order chi connectivity index (χ1) is 9.99. The quantitative estimate of drug-likeness (QED) is 0.738. The molecule has 1 unspecified atom stereocenters. The van der Waals surface area contributed by atoms with Crippen molar-refractivity contribution in [2.24, 2.45) is 5.73 Å². The van der Waals surface area contributed by atoms with E-state index in [2.05, 4.69) is 5.32 Å². The molecule has 1 aliphatic heterocycles. The zero-order valence-corrected chi connectivity index (χ0v) is 11.4. The molecule has 2 rings (SSSR count). The van der Waals surface area contributed by atoms with Crippen molar-refractivity contribution in [3.05, 3.63) is 35.4 Å². The normalized spacial score (nSPS) is 17.0. The fraction of sp³-hybridized carbons (Fsp3) is 0.357. The van der Waals surface area contributed by atoms with Crippen LogP contribution in [0.3, 0.4) is 0 Å². The molecule has 0 saturated heterocycles. The number of primary amides is 1. The Hall–Kier alpha value is -2.57. The van der Waals surface area contributed by atoms with Crippen molar-refractivity contribution < 1.29 is 19.5 Å². The molecule has 4 N–H and O–H groups in total. The lowest BCUT2D eigenvalue weighted by molar-refractivity contribution is -0.139. The van der Waals surface area contributed by atoms with Crippen LogP contribution in [0.1, 0.15) is 23.5 Å². The lowest BCUT2D eigenvalue weighted by atomic mass is 9.90. The summed E-state index contributed by atoms with van der Waals surface area (Å²) in [7, 11) is 0.